The van der Waals surface area contributed by atoms with Crippen LogP contribution in [0.4, 0.5) is 0 Å². The van der Waals surface area contributed by atoms with Crippen molar-refractivity contribution < 1.29 is 9.90 Å². The molecule has 0 aromatic rings. The van der Waals surface area contributed by atoms with Gasteiger partial charge in [-0.3, -0.25) is 4.79 Å². The summed E-state index contributed by atoms with van der Waals surface area (Å²) >= 11 is 0. The Morgan fingerprint density at radius 2 is 1.38 bits per heavy atom. The first-order valence-electron chi connectivity index (χ1n) is 15.0. The summed E-state index contributed by atoms with van der Waals surface area (Å²) in [6.07, 6.45) is 15.1. The summed E-state index contributed by atoms with van der Waals surface area (Å²) in [4.78, 5) is 12.9. The first-order valence-corrected chi connectivity index (χ1v) is 15.0. The summed E-state index contributed by atoms with van der Waals surface area (Å²) in [5.74, 6) is 3.70. The van der Waals surface area contributed by atoms with Gasteiger partial charge in [0.25, 0.3) is 0 Å². The number of rotatable bonds is 2. The molecule has 0 radical (unpaired) electrons. The molecule has 0 amide bonds. The van der Waals surface area contributed by atoms with Crippen LogP contribution in [-0.4, -0.2) is 11.1 Å². The van der Waals surface area contributed by atoms with Crippen LogP contribution >= 0.6 is 0 Å². The zero-order valence-corrected chi connectivity index (χ0v) is 23.3. The molecule has 0 aromatic heterocycles. The summed E-state index contributed by atoms with van der Waals surface area (Å²) in [5.41, 5.74) is 1.57. The van der Waals surface area contributed by atoms with Gasteiger partial charge in [-0.25, -0.2) is 0 Å². The van der Waals surface area contributed by atoms with E-state index in [9.17, 15) is 9.90 Å². The molecule has 0 aromatic carbocycles. The average Bonchev–Trinajstić information content (AvgIpc) is 3.37. The molecular weight excluding hydrogens is 416 g/mol. The molecule has 0 bridgehead atoms. The van der Waals surface area contributed by atoms with E-state index in [1.165, 1.54) is 57.8 Å². The second kappa shape index (κ2) is 6.86. The Bertz CT molecular complexity index is 885. The monoisotopic (exact) mass is 468 g/mol. The number of carboxylic acids is 1. The van der Waals surface area contributed by atoms with Crippen molar-refractivity contribution in [2.75, 3.05) is 0 Å². The van der Waals surface area contributed by atoms with Gasteiger partial charge in [0.1, 0.15) is 0 Å². The van der Waals surface area contributed by atoms with Crippen molar-refractivity contribution in [2.45, 2.75) is 126 Å². The fourth-order valence-corrected chi connectivity index (χ4v) is 12.5. The molecule has 0 heterocycles. The highest BCUT2D eigenvalue weighted by molar-refractivity contribution is 5.76. The summed E-state index contributed by atoms with van der Waals surface area (Å²) in [6, 6.07) is 0. The minimum absolute atomic E-state index is 0.300. The lowest BCUT2D eigenvalue weighted by Crippen LogP contribution is -2.66. The summed E-state index contributed by atoms with van der Waals surface area (Å²) in [5, 5.41) is 10.7. The minimum atomic E-state index is -0.447. The Morgan fingerprint density at radius 3 is 2.03 bits per heavy atom. The largest absolute Gasteiger partial charge is 0.481 e. The fraction of sp³-hybridized carbons (Fsp3) is 0.969. The summed E-state index contributed by atoms with van der Waals surface area (Å²) in [7, 11) is 0. The molecule has 192 valence electrons. The number of aliphatic carboxylic acids is 1. The van der Waals surface area contributed by atoms with Crippen LogP contribution in [-0.2, 0) is 4.79 Å². The third-order valence-corrected chi connectivity index (χ3v) is 15.3. The zero-order valence-electron chi connectivity index (χ0n) is 23.3. The SMILES string of the molecule is C[C@H]1CC[C@]2(C)[C@H]3CC[C@@H]4[C@H]5[C@H](C6(C)CC6)CC[C@]5(C(=O)O)CC[C@@]4(C)[C@]3(C)CC[C@H]2C1(C)C. The second-order valence-electron chi connectivity index (χ2n) is 16.2. The van der Waals surface area contributed by atoms with Crippen molar-refractivity contribution in [2.24, 2.45) is 68.0 Å². The summed E-state index contributed by atoms with van der Waals surface area (Å²) in [6.45, 7) is 18.2. The van der Waals surface area contributed by atoms with Crippen molar-refractivity contribution in [3.8, 4) is 0 Å². The normalized spacial score (nSPS) is 57.0. The van der Waals surface area contributed by atoms with Gasteiger partial charge >= 0.3 is 5.97 Å². The van der Waals surface area contributed by atoms with Crippen LogP contribution in [0.3, 0.4) is 0 Å². The molecule has 6 saturated carbocycles. The van der Waals surface area contributed by atoms with E-state index in [-0.39, 0.29) is 0 Å². The summed E-state index contributed by atoms with van der Waals surface area (Å²) < 4.78 is 0. The maximum atomic E-state index is 12.9. The molecule has 6 aliphatic rings. The van der Waals surface area contributed by atoms with Crippen LogP contribution in [0, 0.1) is 68.0 Å². The Balaban J connectivity index is 1.41. The zero-order chi connectivity index (χ0) is 24.5. The molecule has 0 spiro atoms. The van der Waals surface area contributed by atoms with Gasteiger partial charge in [-0.15, -0.1) is 0 Å². The lowest BCUT2D eigenvalue weighted by atomic mass is 9.32. The van der Waals surface area contributed by atoms with Gasteiger partial charge in [0.2, 0.25) is 0 Å². The van der Waals surface area contributed by atoms with Gasteiger partial charge in [0.05, 0.1) is 5.41 Å². The van der Waals surface area contributed by atoms with E-state index in [1.54, 1.807) is 0 Å². The molecule has 0 unspecified atom stereocenters. The van der Waals surface area contributed by atoms with Gasteiger partial charge < -0.3 is 5.11 Å². The van der Waals surface area contributed by atoms with E-state index in [4.69, 9.17) is 0 Å². The molecular formula is C32H52O2. The molecule has 0 aliphatic heterocycles. The smallest absolute Gasteiger partial charge is 0.309 e. The molecule has 6 aliphatic carbocycles. The Labute approximate surface area is 209 Å². The lowest BCUT2D eigenvalue weighted by molar-refractivity contribution is -0.244. The highest BCUT2D eigenvalue weighted by Gasteiger charge is 2.73. The number of carbonyl (C=O) groups is 1. The highest BCUT2D eigenvalue weighted by atomic mass is 16.4. The quantitative estimate of drug-likeness (QED) is 0.440. The van der Waals surface area contributed by atoms with Gasteiger partial charge in [-0.1, -0.05) is 48.5 Å². The molecule has 2 heteroatoms. The molecule has 6 rings (SSSR count). The second-order valence-corrected chi connectivity index (χ2v) is 16.2. The Hall–Kier alpha value is -0.530. The van der Waals surface area contributed by atoms with Crippen LogP contribution in [0.1, 0.15) is 126 Å². The van der Waals surface area contributed by atoms with Crippen molar-refractivity contribution in [1.82, 2.24) is 0 Å². The average molecular weight is 469 g/mol. The maximum absolute atomic E-state index is 12.9. The van der Waals surface area contributed by atoms with Crippen LogP contribution in [0.2, 0.25) is 0 Å². The first-order chi connectivity index (χ1) is 15.8. The number of hydrogen-bond acceptors (Lipinski definition) is 1. The molecule has 34 heavy (non-hydrogen) atoms. The van der Waals surface area contributed by atoms with Gasteiger partial charge in [0.15, 0.2) is 0 Å². The Morgan fingerprint density at radius 1 is 0.676 bits per heavy atom. The highest BCUT2D eigenvalue weighted by Crippen LogP contribution is 2.79. The molecule has 1 N–H and O–H groups in total. The van der Waals surface area contributed by atoms with Crippen molar-refractivity contribution >= 4 is 5.97 Å². The van der Waals surface area contributed by atoms with E-state index >= 15 is 0 Å². The van der Waals surface area contributed by atoms with E-state index in [0.717, 1.165) is 37.0 Å². The van der Waals surface area contributed by atoms with Crippen LogP contribution in [0.15, 0.2) is 0 Å². The third kappa shape index (κ3) is 2.63. The molecule has 6 fully saturated rings. The predicted molar refractivity (Wildman–Crippen MR) is 138 cm³/mol. The van der Waals surface area contributed by atoms with Crippen molar-refractivity contribution in [3.63, 3.8) is 0 Å². The first kappa shape index (κ1) is 23.8. The van der Waals surface area contributed by atoms with E-state index in [0.29, 0.717) is 44.8 Å². The van der Waals surface area contributed by atoms with Gasteiger partial charge in [-0.2, -0.15) is 0 Å². The lowest BCUT2D eigenvalue weighted by Gasteiger charge is -2.73. The van der Waals surface area contributed by atoms with Gasteiger partial charge in [0, 0.05) is 0 Å². The van der Waals surface area contributed by atoms with Crippen LogP contribution < -0.4 is 0 Å². The number of fused-ring (bicyclic) bond motifs is 7. The predicted octanol–water partition coefficient (Wildman–Crippen LogP) is 8.59. The van der Waals surface area contributed by atoms with E-state index in [1.807, 2.05) is 0 Å². The van der Waals surface area contributed by atoms with Crippen LogP contribution in [0.25, 0.3) is 0 Å². The topological polar surface area (TPSA) is 37.3 Å². The Kier molecular flexibility index (Phi) is 4.81. The van der Waals surface area contributed by atoms with Crippen molar-refractivity contribution in [3.05, 3.63) is 0 Å². The van der Waals surface area contributed by atoms with Crippen molar-refractivity contribution in [1.29, 1.82) is 0 Å². The fourth-order valence-electron chi connectivity index (χ4n) is 12.5. The number of carboxylic acid groups (broad SMARTS) is 1. The molecule has 2 nitrogen and oxygen atoms in total. The van der Waals surface area contributed by atoms with E-state index in [2.05, 4.69) is 48.5 Å². The minimum Gasteiger partial charge on any atom is -0.481 e. The molecule has 10 atom stereocenters. The number of hydrogen-bond donors (Lipinski definition) is 1. The van der Waals surface area contributed by atoms with E-state index < -0.39 is 11.4 Å². The van der Waals surface area contributed by atoms with Gasteiger partial charge in [-0.05, 0) is 140 Å². The standard InChI is InChI=1S/C32H52O2/c1-20-10-13-29(5)23(27(20,2)3)12-14-31(7)24(29)9-8-22-25-21(28(4)16-17-28)11-15-32(25,26(33)34)19-18-30(22,31)6/h20-25H,8-19H2,1-7H3,(H,33,34)/t20-,21+,22+,23-,24+,25+,29-,30+,31+,32-/m0/s1. The van der Waals surface area contributed by atoms with Crippen LogP contribution in [0.5, 0.6) is 0 Å². The third-order valence-electron chi connectivity index (χ3n) is 15.3. The maximum Gasteiger partial charge on any atom is 0.309 e. The molecule has 0 saturated heterocycles.